The van der Waals surface area contributed by atoms with Crippen molar-refractivity contribution in [2.45, 2.75) is 19.4 Å². The average Bonchev–Trinajstić information content (AvgIpc) is 2.57. The molecule has 0 spiro atoms. The number of aryl methyl sites for hydroxylation is 1. The SMILES string of the molecule is COc1cc(CC(=O)NC[C@@H](c2ccccc2)N(C)C)ccc1C. The number of likely N-dealkylation sites (N-methyl/N-ethyl adjacent to an activating group) is 1. The molecular formula is C20H26N2O2. The molecule has 2 aromatic carbocycles. The Kier molecular flexibility index (Phi) is 6.38. The highest BCUT2D eigenvalue weighted by atomic mass is 16.5. The molecule has 1 atom stereocenters. The molecule has 2 aromatic rings. The second-order valence-corrected chi connectivity index (χ2v) is 6.17. The lowest BCUT2D eigenvalue weighted by molar-refractivity contribution is -0.120. The zero-order valence-corrected chi connectivity index (χ0v) is 14.9. The third kappa shape index (κ3) is 4.83. The summed E-state index contributed by atoms with van der Waals surface area (Å²) in [5, 5.41) is 3.04. The minimum atomic E-state index is 0.0173. The van der Waals surface area contributed by atoms with E-state index in [-0.39, 0.29) is 11.9 Å². The minimum absolute atomic E-state index is 0.0173. The predicted molar refractivity (Wildman–Crippen MR) is 97.3 cm³/mol. The third-order valence-corrected chi connectivity index (χ3v) is 4.14. The van der Waals surface area contributed by atoms with E-state index in [2.05, 4.69) is 22.3 Å². The van der Waals surface area contributed by atoms with Crippen LogP contribution in [0.4, 0.5) is 0 Å². The molecule has 1 amide bonds. The van der Waals surface area contributed by atoms with Crippen molar-refractivity contribution >= 4 is 5.91 Å². The largest absolute Gasteiger partial charge is 0.496 e. The van der Waals surface area contributed by atoms with Crippen LogP contribution in [0.1, 0.15) is 22.7 Å². The summed E-state index contributed by atoms with van der Waals surface area (Å²) in [5.41, 5.74) is 3.22. The van der Waals surface area contributed by atoms with E-state index >= 15 is 0 Å². The Morgan fingerprint density at radius 3 is 2.50 bits per heavy atom. The molecule has 24 heavy (non-hydrogen) atoms. The molecule has 2 rings (SSSR count). The van der Waals surface area contributed by atoms with E-state index in [1.165, 1.54) is 5.56 Å². The van der Waals surface area contributed by atoms with Crippen molar-refractivity contribution in [1.82, 2.24) is 10.2 Å². The molecule has 0 heterocycles. The number of amides is 1. The van der Waals surface area contributed by atoms with Crippen LogP contribution in [0.5, 0.6) is 5.75 Å². The van der Waals surface area contributed by atoms with E-state index in [9.17, 15) is 4.79 Å². The summed E-state index contributed by atoms with van der Waals surface area (Å²) in [6, 6.07) is 16.2. The zero-order valence-electron chi connectivity index (χ0n) is 14.9. The van der Waals surface area contributed by atoms with Gasteiger partial charge in [0, 0.05) is 6.54 Å². The zero-order chi connectivity index (χ0) is 17.5. The highest BCUT2D eigenvalue weighted by molar-refractivity contribution is 5.78. The summed E-state index contributed by atoms with van der Waals surface area (Å²) in [7, 11) is 5.69. The van der Waals surface area contributed by atoms with Gasteiger partial charge in [-0.25, -0.2) is 0 Å². The Balaban J connectivity index is 1.96. The van der Waals surface area contributed by atoms with E-state index in [1.54, 1.807) is 7.11 Å². The maximum Gasteiger partial charge on any atom is 0.224 e. The van der Waals surface area contributed by atoms with Gasteiger partial charge in [-0.3, -0.25) is 4.79 Å². The molecule has 0 saturated carbocycles. The van der Waals surface area contributed by atoms with E-state index < -0.39 is 0 Å². The fraction of sp³-hybridized carbons (Fsp3) is 0.350. The van der Waals surface area contributed by atoms with Crippen molar-refractivity contribution in [1.29, 1.82) is 0 Å². The number of carbonyl (C=O) groups is 1. The van der Waals surface area contributed by atoms with Crippen molar-refractivity contribution in [2.24, 2.45) is 0 Å². The number of carbonyl (C=O) groups excluding carboxylic acids is 1. The van der Waals surface area contributed by atoms with Crippen LogP contribution in [0.2, 0.25) is 0 Å². The lowest BCUT2D eigenvalue weighted by Crippen LogP contribution is -2.35. The second kappa shape index (κ2) is 8.50. The number of nitrogens with zero attached hydrogens (tertiary/aromatic N) is 1. The Morgan fingerprint density at radius 2 is 1.88 bits per heavy atom. The van der Waals surface area contributed by atoms with Gasteiger partial charge in [0.2, 0.25) is 5.91 Å². The molecule has 4 heteroatoms. The summed E-state index contributed by atoms with van der Waals surface area (Å²) in [5.74, 6) is 0.833. The van der Waals surface area contributed by atoms with Gasteiger partial charge in [-0.05, 0) is 43.8 Å². The molecule has 0 unspecified atom stereocenters. The van der Waals surface area contributed by atoms with Crippen LogP contribution in [0.3, 0.4) is 0 Å². The van der Waals surface area contributed by atoms with Crippen molar-refractivity contribution in [3.63, 3.8) is 0 Å². The summed E-state index contributed by atoms with van der Waals surface area (Å²) in [4.78, 5) is 14.4. The summed E-state index contributed by atoms with van der Waals surface area (Å²) in [6.45, 7) is 2.57. The Morgan fingerprint density at radius 1 is 1.17 bits per heavy atom. The molecule has 4 nitrogen and oxygen atoms in total. The summed E-state index contributed by atoms with van der Waals surface area (Å²) >= 11 is 0. The van der Waals surface area contributed by atoms with Crippen LogP contribution in [0, 0.1) is 6.92 Å². The van der Waals surface area contributed by atoms with Crippen LogP contribution < -0.4 is 10.1 Å². The van der Waals surface area contributed by atoms with Crippen LogP contribution in [0.15, 0.2) is 48.5 Å². The van der Waals surface area contributed by atoms with Gasteiger partial charge in [0.25, 0.3) is 0 Å². The number of rotatable bonds is 7. The normalized spacial score (nSPS) is 12.0. The lowest BCUT2D eigenvalue weighted by Gasteiger charge is -2.25. The summed E-state index contributed by atoms with van der Waals surface area (Å²) < 4.78 is 5.32. The molecule has 0 aliphatic heterocycles. The van der Waals surface area contributed by atoms with Gasteiger partial charge in [-0.2, -0.15) is 0 Å². The van der Waals surface area contributed by atoms with Gasteiger partial charge in [0.05, 0.1) is 19.6 Å². The molecule has 1 N–H and O–H groups in total. The van der Waals surface area contributed by atoms with Crippen molar-refractivity contribution in [3.05, 3.63) is 65.2 Å². The van der Waals surface area contributed by atoms with E-state index in [1.807, 2.05) is 57.4 Å². The first-order chi connectivity index (χ1) is 11.5. The number of nitrogens with one attached hydrogen (secondary N) is 1. The number of methoxy groups -OCH3 is 1. The van der Waals surface area contributed by atoms with Crippen molar-refractivity contribution in [2.75, 3.05) is 27.7 Å². The highest BCUT2D eigenvalue weighted by Gasteiger charge is 2.15. The standard InChI is InChI=1S/C20H26N2O2/c1-15-10-11-16(12-19(15)24-4)13-20(23)21-14-18(22(2)3)17-8-6-5-7-9-17/h5-12,18H,13-14H2,1-4H3,(H,21,23)/t18-/m0/s1. The van der Waals surface area contributed by atoms with Crippen LogP contribution in [-0.4, -0.2) is 38.6 Å². The quantitative estimate of drug-likeness (QED) is 0.850. The minimum Gasteiger partial charge on any atom is -0.496 e. The molecule has 0 aliphatic rings. The van der Waals surface area contributed by atoms with Crippen LogP contribution in [0.25, 0.3) is 0 Å². The number of hydrogen-bond acceptors (Lipinski definition) is 3. The first-order valence-electron chi connectivity index (χ1n) is 8.13. The molecule has 0 fully saturated rings. The first-order valence-corrected chi connectivity index (χ1v) is 8.13. The number of ether oxygens (including phenoxy) is 1. The summed E-state index contributed by atoms with van der Waals surface area (Å²) in [6.07, 6.45) is 0.353. The predicted octanol–water partition coefficient (Wildman–Crippen LogP) is 2.97. The van der Waals surface area contributed by atoms with Crippen LogP contribution in [-0.2, 0) is 11.2 Å². The van der Waals surface area contributed by atoms with Gasteiger partial charge < -0.3 is 15.0 Å². The Hall–Kier alpha value is -2.33. The number of benzene rings is 2. The second-order valence-electron chi connectivity index (χ2n) is 6.17. The fourth-order valence-corrected chi connectivity index (χ4v) is 2.71. The smallest absolute Gasteiger partial charge is 0.224 e. The van der Waals surface area contributed by atoms with E-state index in [0.29, 0.717) is 13.0 Å². The maximum absolute atomic E-state index is 12.3. The first kappa shape index (κ1) is 18.0. The van der Waals surface area contributed by atoms with Crippen molar-refractivity contribution < 1.29 is 9.53 Å². The van der Waals surface area contributed by atoms with Crippen molar-refractivity contribution in [3.8, 4) is 5.75 Å². The van der Waals surface area contributed by atoms with E-state index in [4.69, 9.17) is 4.74 Å². The lowest BCUT2D eigenvalue weighted by atomic mass is 10.1. The van der Waals surface area contributed by atoms with Gasteiger partial charge in [0.1, 0.15) is 5.75 Å². The molecule has 0 bridgehead atoms. The van der Waals surface area contributed by atoms with Gasteiger partial charge in [-0.15, -0.1) is 0 Å². The fourth-order valence-electron chi connectivity index (χ4n) is 2.71. The topological polar surface area (TPSA) is 41.6 Å². The monoisotopic (exact) mass is 326 g/mol. The highest BCUT2D eigenvalue weighted by Crippen LogP contribution is 2.20. The number of hydrogen-bond donors (Lipinski definition) is 1. The third-order valence-electron chi connectivity index (χ3n) is 4.14. The molecule has 0 aromatic heterocycles. The maximum atomic E-state index is 12.3. The average molecular weight is 326 g/mol. The molecule has 0 aliphatic carbocycles. The molecule has 0 radical (unpaired) electrons. The van der Waals surface area contributed by atoms with Gasteiger partial charge in [0.15, 0.2) is 0 Å². The Bertz CT molecular complexity index is 669. The molecule has 0 saturated heterocycles. The van der Waals surface area contributed by atoms with Gasteiger partial charge >= 0.3 is 0 Å². The van der Waals surface area contributed by atoms with Crippen LogP contribution >= 0.6 is 0 Å². The Labute approximate surface area is 144 Å². The van der Waals surface area contributed by atoms with Gasteiger partial charge in [-0.1, -0.05) is 42.5 Å². The molecule has 128 valence electrons. The van der Waals surface area contributed by atoms with E-state index in [0.717, 1.165) is 16.9 Å². The molecular weight excluding hydrogens is 300 g/mol.